The number of nitrogens with one attached hydrogen (secondary N) is 1. The highest BCUT2D eigenvalue weighted by atomic mass is 79.9. The zero-order chi connectivity index (χ0) is 12.1. The molecule has 1 N–H and O–H groups in total. The predicted molar refractivity (Wildman–Crippen MR) is 69.2 cm³/mol. The van der Waals surface area contributed by atoms with Gasteiger partial charge in [0.25, 0.3) is 0 Å². The fourth-order valence-corrected chi connectivity index (χ4v) is 2.39. The fourth-order valence-electron chi connectivity index (χ4n) is 1.79. The molecule has 16 heavy (non-hydrogen) atoms. The summed E-state index contributed by atoms with van der Waals surface area (Å²) in [5.74, 6) is 0.723. The lowest BCUT2D eigenvalue weighted by Crippen LogP contribution is -2.24. The highest BCUT2D eigenvalue weighted by Gasteiger charge is 2.19. The van der Waals surface area contributed by atoms with E-state index in [-0.39, 0.29) is 0 Å². The molecule has 0 aliphatic carbocycles. The van der Waals surface area contributed by atoms with E-state index in [9.17, 15) is 0 Å². The number of hydrogen-bond acceptors (Lipinski definition) is 3. The van der Waals surface area contributed by atoms with E-state index in [2.05, 4.69) is 52.3 Å². The van der Waals surface area contributed by atoms with E-state index in [4.69, 9.17) is 0 Å². The Morgan fingerprint density at radius 2 is 2.06 bits per heavy atom. The zero-order valence-corrected chi connectivity index (χ0v) is 12.1. The molecule has 0 fully saturated rings. The maximum Gasteiger partial charge on any atom is 0.153 e. The topological polar surface area (TPSA) is 42.7 Å². The molecule has 0 radical (unpaired) electrons. The van der Waals surface area contributed by atoms with Gasteiger partial charge in [-0.25, -0.2) is 4.68 Å². The van der Waals surface area contributed by atoms with Gasteiger partial charge in [0.05, 0.1) is 11.7 Å². The molecule has 0 aliphatic heterocycles. The molecule has 0 saturated carbocycles. The monoisotopic (exact) mass is 288 g/mol. The summed E-state index contributed by atoms with van der Waals surface area (Å²) in [4.78, 5) is 0. The Morgan fingerprint density at radius 3 is 2.50 bits per heavy atom. The summed E-state index contributed by atoms with van der Waals surface area (Å²) in [5, 5.41) is 11.6. The Morgan fingerprint density at radius 1 is 1.38 bits per heavy atom. The fraction of sp³-hybridized carbons (Fsp3) is 0.818. The first kappa shape index (κ1) is 13.6. The Labute approximate surface area is 106 Å². The van der Waals surface area contributed by atoms with Crippen molar-refractivity contribution in [2.75, 3.05) is 6.54 Å². The molecule has 0 spiro atoms. The summed E-state index contributed by atoms with van der Waals surface area (Å²) in [5.41, 5.74) is 1.14. The van der Waals surface area contributed by atoms with Crippen LogP contribution in [0.3, 0.4) is 0 Å². The number of aryl methyl sites for hydroxylation is 1. The molecule has 1 unspecified atom stereocenters. The predicted octanol–water partition coefficient (Wildman–Crippen LogP) is 2.66. The Balaban J connectivity index is 2.76. The summed E-state index contributed by atoms with van der Waals surface area (Å²) in [7, 11) is 1.94. The van der Waals surface area contributed by atoms with Crippen LogP contribution in [0, 0.1) is 5.92 Å². The molecule has 0 aliphatic rings. The van der Waals surface area contributed by atoms with Gasteiger partial charge >= 0.3 is 0 Å². The van der Waals surface area contributed by atoms with Crippen molar-refractivity contribution in [1.29, 1.82) is 0 Å². The van der Waals surface area contributed by atoms with E-state index in [0.29, 0.717) is 6.04 Å². The molecule has 92 valence electrons. The number of aromatic nitrogens is 3. The molecule has 1 aromatic rings. The summed E-state index contributed by atoms with van der Waals surface area (Å²) >= 11 is 3.46. The Hall–Kier alpha value is -0.420. The molecule has 1 rings (SSSR count). The molecule has 0 amide bonds. The molecule has 0 saturated heterocycles. The zero-order valence-electron chi connectivity index (χ0n) is 10.5. The smallest absolute Gasteiger partial charge is 0.153 e. The van der Waals surface area contributed by atoms with Crippen molar-refractivity contribution in [2.45, 2.75) is 39.7 Å². The quantitative estimate of drug-likeness (QED) is 0.875. The minimum atomic E-state index is 0.335. The first-order chi connectivity index (χ1) is 7.56. The number of rotatable bonds is 6. The van der Waals surface area contributed by atoms with Crippen molar-refractivity contribution >= 4 is 15.9 Å². The van der Waals surface area contributed by atoms with Crippen molar-refractivity contribution < 1.29 is 0 Å². The number of nitrogens with zero attached hydrogens (tertiary/aromatic N) is 3. The third-order valence-electron chi connectivity index (χ3n) is 2.64. The van der Waals surface area contributed by atoms with Crippen LogP contribution < -0.4 is 5.32 Å². The van der Waals surface area contributed by atoms with Crippen LogP contribution in [-0.4, -0.2) is 21.5 Å². The van der Waals surface area contributed by atoms with Gasteiger partial charge in [-0.2, -0.15) is 0 Å². The van der Waals surface area contributed by atoms with E-state index in [0.717, 1.165) is 29.2 Å². The van der Waals surface area contributed by atoms with E-state index < -0.39 is 0 Å². The van der Waals surface area contributed by atoms with E-state index in [1.165, 1.54) is 6.42 Å². The molecule has 4 nitrogen and oxygen atoms in total. The molecule has 5 heteroatoms. The van der Waals surface area contributed by atoms with Crippen molar-refractivity contribution in [2.24, 2.45) is 13.0 Å². The maximum atomic E-state index is 4.04. The lowest BCUT2D eigenvalue weighted by molar-refractivity contribution is 0.427. The molecule has 1 atom stereocenters. The first-order valence-electron chi connectivity index (χ1n) is 5.84. The molecule has 0 bridgehead atoms. The van der Waals surface area contributed by atoms with Crippen LogP contribution in [0.5, 0.6) is 0 Å². The van der Waals surface area contributed by atoms with E-state index >= 15 is 0 Å². The van der Waals surface area contributed by atoms with Crippen molar-refractivity contribution in [1.82, 2.24) is 20.3 Å². The lowest BCUT2D eigenvalue weighted by Gasteiger charge is -2.19. The summed E-state index contributed by atoms with van der Waals surface area (Å²) < 4.78 is 2.70. The van der Waals surface area contributed by atoms with Gasteiger partial charge in [-0.05, 0) is 41.2 Å². The van der Waals surface area contributed by atoms with Crippen LogP contribution in [0.4, 0.5) is 0 Å². The Bertz CT molecular complexity index is 302. The highest BCUT2D eigenvalue weighted by Crippen LogP contribution is 2.25. The van der Waals surface area contributed by atoms with Gasteiger partial charge in [-0.15, -0.1) is 5.10 Å². The van der Waals surface area contributed by atoms with Gasteiger partial charge in [0.15, 0.2) is 4.60 Å². The highest BCUT2D eigenvalue weighted by molar-refractivity contribution is 9.10. The molecule has 1 aromatic heterocycles. The van der Waals surface area contributed by atoms with Crippen LogP contribution in [-0.2, 0) is 7.05 Å². The van der Waals surface area contributed by atoms with Crippen molar-refractivity contribution in [3.05, 3.63) is 10.3 Å². The third kappa shape index (κ3) is 3.56. The van der Waals surface area contributed by atoms with Gasteiger partial charge in [0, 0.05) is 7.05 Å². The van der Waals surface area contributed by atoms with Crippen LogP contribution in [0.15, 0.2) is 4.60 Å². The second-order valence-corrected chi connectivity index (χ2v) is 5.22. The van der Waals surface area contributed by atoms with E-state index in [1.807, 2.05) is 11.7 Å². The van der Waals surface area contributed by atoms with Crippen molar-refractivity contribution in [3.8, 4) is 0 Å². The average molecular weight is 289 g/mol. The largest absolute Gasteiger partial charge is 0.309 e. The number of halogens is 1. The minimum absolute atomic E-state index is 0.335. The van der Waals surface area contributed by atoms with Gasteiger partial charge in [-0.1, -0.05) is 26.0 Å². The second kappa shape index (κ2) is 6.35. The SMILES string of the molecule is CCNC(CCC(C)C)c1c(Br)nnn1C. The maximum absolute atomic E-state index is 4.04. The van der Waals surface area contributed by atoms with Gasteiger partial charge < -0.3 is 5.32 Å². The van der Waals surface area contributed by atoms with Crippen LogP contribution in [0.2, 0.25) is 0 Å². The van der Waals surface area contributed by atoms with Crippen LogP contribution in [0.25, 0.3) is 0 Å². The lowest BCUT2D eigenvalue weighted by atomic mass is 10.0. The first-order valence-corrected chi connectivity index (χ1v) is 6.64. The van der Waals surface area contributed by atoms with E-state index in [1.54, 1.807) is 0 Å². The number of hydrogen-bond donors (Lipinski definition) is 1. The second-order valence-electron chi connectivity index (χ2n) is 4.47. The van der Waals surface area contributed by atoms with Gasteiger partial charge in [0.1, 0.15) is 0 Å². The van der Waals surface area contributed by atoms with Crippen LogP contribution >= 0.6 is 15.9 Å². The average Bonchev–Trinajstić information content (AvgIpc) is 2.54. The summed E-state index contributed by atoms with van der Waals surface area (Å²) in [6, 6.07) is 0.335. The molecule has 1 heterocycles. The van der Waals surface area contributed by atoms with Gasteiger partial charge in [-0.3, -0.25) is 0 Å². The summed E-state index contributed by atoms with van der Waals surface area (Å²) in [6.45, 7) is 7.58. The molecular formula is C11H21BrN4. The minimum Gasteiger partial charge on any atom is -0.309 e. The third-order valence-corrected chi connectivity index (χ3v) is 3.20. The Kier molecular flexibility index (Phi) is 5.41. The normalized spacial score (nSPS) is 13.4. The standard InChI is InChI=1S/C11H21BrN4/c1-5-13-9(7-6-8(2)3)10-11(12)14-15-16(10)4/h8-9,13H,5-7H2,1-4H3. The van der Waals surface area contributed by atoms with Crippen LogP contribution in [0.1, 0.15) is 45.3 Å². The van der Waals surface area contributed by atoms with Crippen molar-refractivity contribution in [3.63, 3.8) is 0 Å². The van der Waals surface area contributed by atoms with Gasteiger partial charge in [0.2, 0.25) is 0 Å². The molecule has 0 aromatic carbocycles. The summed E-state index contributed by atoms with van der Waals surface area (Å²) in [6.07, 6.45) is 2.32. The molecular weight excluding hydrogens is 268 g/mol.